The number of carboxylic acid groups (broad SMARTS) is 1. The number of carboxylic acids is 1. The Hall–Kier alpha value is -1.88. The number of hydrogen-bond acceptors (Lipinski definition) is 4. The molecule has 0 bridgehead atoms. The molecule has 18 heavy (non-hydrogen) atoms. The van der Waals surface area contributed by atoms with E-state index in [0.29, 0.717) is 0 Å². The van der Waals surface area contributed by atoms with Gasteiger partial charge in [0.15, 0.2) is 0 Å². The van der Waals surface area contributed by atoms with E-state index in [0.717, 1.165) is 12.1 Å². The maximum Gasteiger partial charge on any atom is 0.573 e. The van der Waals surface area contributed by atoms with Crippen LogP contribution in [-0.4, -0.2) is 17.4 Å². The third-order valence-electron chi connectivity index (χ3n) is 1.86. The number of rotatable bonds is 3. The van der Waals surface area contributed by atoms with E-state index >= 15 is 0 Å². The van der Waals surface area contributed by atoms with Gasteiger partial charge in [0, 0.05) is 4.90 Å². The van der Waals surface area contributed by atoms with Crippen LogP contribution in [0.15, 0.2) is 17.0 Å². The highest BCUT2D eigenvalue weighted by Gasteiger charge is 2.31. The van der Waals surface area contributed by atoms with E-state index in [9.17, 15) is 18.0 Å². The van der Waals surface area contributed by atoms with Crippen molar-refractivity contribution < 1.29 is 27.8 Å². The van der Waals surface area contributed by atoms with Crippen LogP contribution in [0.5, 0.6) is 5.75 Å². The summed E-state index contributed by atoms with van der Waals surface area (Å²) in [5.74, 6) is -1.90. The van der Waals surface area contributed by atoms with Crippen LogP contribution < -0.4 is 4.74 Å². The fraction of sp³-hybridized carbons (Fsp3) is 0.200. The number of ether oxygens (including phenoxy) is 1. The molecule has 0 saturated heterocycles. The largest absolute Gasteiger partial charge is 0.573 e. The number of aliphatic carboxylic acids is 1. The molecule has 8 heteroatoms. The van der Waals surface area contributed by atoms with E-state index < -0.39 is 24.5 Å². The number of halogens is 3. The van der Waals surface area contributed by atoms with Crippen molar-refractivity contribution in [3.63, 3.8) is 0 Å². The Balaban J connectivity index is 3.23. The summed E-state index contributed by atoms with van der Waals surface area (Å²) in [6.45, 7) is 0. The minimum atomic E-state index is -4.91. The van der Waals surface area contributed by atoms with Crippen molar-refractivity contribution in [1.82, 2.24) is 0 Å². The molecule has 0 unspecified atom stereocenters. The van der Waals surface area contributed by atoms with Crippen LogP contribution in [0.4, 0.5) is 13.2 Å². The normalized spacial score (nSPS) is 10.8. The first-order chi connectivity index (χ1) is 8.23. The Bertz CT molecular complexity index is 522. The van der Waals surface area contributed by atoms with Crippen LogP contribution in [0, 0.1) is 11.3 Å². The molecule has 96 valence electrons. The summed E-state index contributed by atoms with van der Waals surface area (Å²) in [4.78, 5) is 10.6. The molecule has 1 rings (SSSR count). The van der Waals surface area contributed by atoms with Crippen molar-refractivity contribution in [2.24, 2.45) is 0 Å². The van der Waals surface area contributed by atoms with E-state index in [1.807, 2.05) is 0 Å². The predicted octanol–water partition coefficient (Wildman–Crippen LogP) is 2.37. The number of hydrogen-bond donors (Lipinski definition) is 2. The summed E-state index contributed by atoms with van der Waals surface area (Å²) < 4.78 is 39.7. The molecule has 0 atom stereocenters. The van der Waals surface area contributed by atoms with Gasteiger partial charge in [-0.3, -0.25) is 4.79 Å². The molecule has 1 aromatic rings. The first-order valence-corrected chi connectivity index (χ1v) is 4.91. The third kappa shape index (κ3) is 3.85. The van der Waals surface area contributed by atoms with Gasteiger partial charge < -0.3 is 9.84 Å². The van der Waals surface area contributed by atoms with Crippen LogP contribution in [-0.2, 0) is 11.2 Å². The molecule has 0 amide bonds. The standard InChI is InChI=1S/C10H6F3NO3S/c11-10(12,13)17-7-1-5(3-8(15)16)9(18)6(2-7)4-14/h1-2,18H,3H2,(H,15,16). The number of alkyl halides is 3. The van der Waals surface area contributed by atoms with Gasteiger partial charge in [-0.15, -0.1) is 25.8 Å². The second-order valence-electron chi connectivity index (χ2n) is 3.21. The smallest absolute Gasteiger partial charge is 0.481 e. The SMILES string of the molecule is N#Cc1cc(OC(F)(F)F)cc(CC(=O)O)c1S. The highest BCUT2D eigenvalue weighted by Crippen LogP contribution is 2.29. The Labute approximate surface area is 105 Å². The maximum atomic E-state index is 12.0. The monoisotopic (exact) mass is 277 g/mol. The molecule has 0 spiro atoms. The molecule has 1 aromatic carbocycles. The summed E-state index contributed by atoms with van der Waals surface area (Å²) in [6, 6.07) is 3.36. The van der Waals surface area contributed by atoms with Crippen LogP contribution in [0.1, 0.15) is 11.1 Å². The number of carbonyl (C=O) groups is 1. The lowest BCUT2D eigenvalue weighted by molar-refractivity contribution is -0.274. The summed E-state index contributed by atoms with van der Waals surface area (Å²) in [5.41, 5.74) is -0.208. The van der Waals surface area contributed by atoms with E-state index in [4.69, 9.17) is 10.4 Å². The first kappa shape index (κ1) is 14.2. The van der Waals surface area contributed by atoms with E-state index in [-0.39, 0.29) is 16.0 Å². The molecule has 0 fully saturated rings. The molecule has 4 nitrogen and oxygen atoms in total. The highest BCUT2D eigenvalue weighted by atomic mass is 32.1. The number of thiol groups is 1. The lowest BCUT2D eigenvalue weighted by Gasteiger charge is -2.12. The fourth-order valence-corrected chi connectivity index (χ4v) is 1.50. The van der Waals surface area contributed by atoms with Crippen molar-refractivity contribution in [3.8, 4) is 11.8 Å². The zero-order chi connectivity index (χ0) is 13.9. The Morgan fingerprint density at radius 3 is 2.56 bits per heavy atom. The zero-order valence-electron chi connectivity index (χ0n) is 8.65. The van der Waals surface area contributed by atoms with Gasteiger partial charge in [-0.1, -0.05) is 0 Å². The molecule has 0 aliphatic heterocycles. The minimum absolute atomic E-state index is 0.0226. The van der Waals surface area contributed by atoms with Gasteiger partial charge in [-0.2, -0.15) is 5.26 Å². The van der Waals surface area contributed by atoms with Gasteiger partial charge in [-0.25, -0.2) is 0 Å². The Morgan fingerprint density at radius 2 is 2.11 bits per heavy atom. The Morgan fingerprint density at radius 1 is 1.50 bits per heavy atom. The van der Waals surface area contributed by atoms with Crippen LogP contribution in [0.2, 0.25) is 0 Å². The number of nitriles is 1. The van der Waals surface area contributed by atoms with Crippen LogP contribution in [0.25, 0.3) is 0 Å². The van der Waals surface area contributed by atoms with Crippen LogP contribution in [0.3, 0.4) is 0 Å². The second kappa shape index (κ2) is 5.18. The number of nitrogens with zero attached hydrogens (tertiary/aromatic N) is 1. The Kier molecular flexibility index (Phi) is 4.08. The topological polar surface area (TPSA) is 70.3 Å². The lowest BCUT2D eigenvalue weighted by Crippen LogP contribution is -2.17. The van der Waals surface area contributed by atoms with E-state index in [2.05, 4.69) is 17.4 Å². The molecule has 1 N–H and O–H groups in total. The summed E-state index contributed by atoms with van der Waals surface area (Å²) in [7, 11) is 0. The minimum Gasteiger partial charge on any atom is -0.481 e. The quantitative estimate of drug-likeness (QED) is 0.832. The average Bonchev–Trinajstić information content (AvgIpc) is 2.19. The van der Waals surface area contributed by atoms with Crippen molar-refractivity contribution in [2.45, 2.75) is 17.7 Å². The predicted molar refractivity (Wildman–Crippen MR) is 56.4 cm³/mol. The molecule has 0 aromatic heterocycles. The third-order valence-corrected chi connectivity index (χ3v) is 2.39. The van der Waals surface area contributed by atoms with E-state index in [1.165, 1.54) is 0 Å². The first-order valence-electron chi connectivity index (χ1n) is 4.46. The van der Waals surface area contributed by atoms with Gasteiger partial charge in [-0.05, 0) is 17.7 Å². The fourth-order valence-electron chi connectivity index (χ4n) is 1.24. The number of benzene rings is 1. The second-order valence-corrected chi connectivity index (χ2v) is 3.66. The summed E-state index contributed by atoms with van der Waals surface area (Å²) >= 11 is 3.90. The molecular weight excluding hydrogens is 271 g/mol. The summed E-state index contributed by atoms with van der Waals surface area (Å²) in [6.07, 6.45) is -5.46. The zero-order valence-corrected chi connectivity index (χ0v) is 9.55. The van der Waals surface area contributed by atoms with Gasteiger partial charge in [0.05, 0.1) is 12.0 Å². The van der Waals surface area contributed by atoms with Gasteiger partial charge in [0.2, 0.25) is 0 Å². The lowest BCUT2D eigenvalue weighted by atomic mass is 10.1. The average molecular weight is 277 g/mol. The van der Waals surface area contributed by atoms with Crippen molar-refractivity contribution in [2.75, 3.05) is 0 Å². The molecular formula is C10H6F3NO3S. The highest BCUT2D eigenvalue weighted by molar-refractivity contribution is 7.80. The van der Waals surface area contributed by atoms with Crippen molar-refractivity contribution >= 4 is 18.6 Å². The van der Waals surface area contributed by atoms with Gasteiger partial charge >= 0.3 is 12.3 Å². The molecule has 0 aliphatic rings. The van der Waals surface area contributed by atoms with Gasteiger partial charge in [0.1, 0.15) is 11.8 Å². The van der Waals surface area contributed by atoms with Crippen LogP contribution >= 0.6 is 12.6 Å². The molecule has 0 aliphatic carbocycles. The molecule has 0 radical (unpaired) electrons. The van der Waals surface area contributed by atoms with E-state index in [1.54, 1.807) is 6.07 Å². The molecule has 0 heterocycles. The molecule has 0 saturated carbocycles. The maximum absolute atomic E-state index is 12.0. The van der Waals surface area contributed by atoms with Crippen molar-refractivity contribution in [1.29, 1.82) is 5.26 Å². The summed E-state index contributed by atoms with van der Waals surface area (Å²) in [5, 5.41) is 17.3. The van der Waals surface area contributed by atoms with Gasteiger partial charge in [0.25, 0.3) is 0 Å². The van der Waals surface area contributed by atoms with Crippen molar-refractivity contribution in [3.05, 3.63) is 23.3 Å².